The van der Waals surface area contributed by atoms with Crippen LogP contribution in [-0.2, 0) is 4.79 Å². The molecule has 2 atom stereocenters. The molecule has 0 radical (unpaired) electrons. The quantitative estimate of drug-likeness (QED) is 0.585. The molecule has 2 nitrogen and oxygen atoms in total. The first kappa shape index (κ1) is 8.02. The van der Waals surface area contributed by atoms with Crippen molar-refractivity contribution in [2.75, 3.05) is 6.54 Å². The molecule has 2 unspecified atom stereocenters. The van der Waals surface area contributed by atoms with Crippen LogP contribution in [0.3, 0.4) is 0 Å². The Hall–Kier alpha value is -0.0800. The molecule has 1 fully saturated rings. The summed E-state index contributed by atoms with van der Waals surface area (Å²) < 4.78 is 0. The van der Waals surface area contributed by atoms with Gasteiger partial charge in [0.15, 0.2) is 0 Å². The Balaban J connectivity index is 2.39. The van der Waals surface area contributed by atoms with Crippen molar-refractivity contribution in [3.05, 3.63) is 0 Å². The van der Waals surface area contributed by atoms with Gasteiger partial charge in [-0.2, -0.15) is 0 Å². The van der Waals surface area contributed by atoms with Crippen molar-refractivity contribution in [1.82, 2.24) is 5.32 Å². The third kappa shape index (κ3) is 1.96. The molecule has 0 aromatic heterocycles. The lowest BCUT2D eigenvalue weighted by molar-refractivity contribution is -0.116. The number of nitrogens with one attached hydrogen (secondary N) is 1. The molecule has 0 aromatic carbocycles. The smallest absolute Gasteiger partial charge is 0.224 e. The summed E-state index contributed by atoms with van der Waals surface area (Å²) in [4.78, 5) is 10.7. The van der Waals surface area contributed by atoms with Gasteiger partial charge in [-0.15, -0.1) is 0 Å². The van der Waals surface area contributed by atoms with Crippen LogP contribution < -0.4 is 5.32 Å². The summed E-state index contributed by atoms with van der Waals surface area (Å²) in [7, 11) is 0. The normalized spacial score (nSPS) is 33.8. The average Bonchev–Trinajstić information content (AvgIpc) is 1.88. The molecule has 0 amide bonds. The second-order valence-electron chi connectivity index (χ2n) is 2.88. The van der Waals surface area contributed by atoms with E-state index < -0.39 is 0 Å². The SMILES string of the molecule is CC1CC(C(=O)Cl)CCN1. The molecule has 10 heavy (non-hydrogen) atoms. The Morgan fingerprint density at radius 1 is 1.70 bits per heavy atom. The fourth-order valence-electron chi connectivity index (χ4n) is 1.34. The standard InChI is InChI=1S/C7H12ClNO/c1-5-4-6(7(8)10)2-3-9-5/h5-6,9H,2-4H2,1H3. The van der Waals surface area contributed by atoms with E-state index in [4.69, 9.17) is 11.6 Å². The first-order valence-electron chi connectivity index (χ1n) is 3.63. The molecule has 0 aromatic rings. The molecule has 3 heteroatoms. The van der Waals surface area contributed by atoms with Crippen LogP contribution in [-0.4, -0.2) is 17.8 Å². The number of piperidine rings is 1. The van der Waals surface area contributed by atoms with Gasteiger partial charge in [-0.1, -0.05) is 0 Å². The molecule has 0 spiro atoms. The van der Waals surface area contributed by atoms with Gasteiger partial charge in [0.1, 0.15) is 0 Å². The summed E-state index contributed by atoms with van der Waals surface area (Å²) in [6, 6.07) is 0.446. The highest BCUT2D eigenvalue weighted by atomic mass is 35.5. The van der Waals surface area contributed by atoms with Gasteiger partial charge in [-0.3, -0.25) is 4.79 Å². The topological polar surface area (TPSA) is 29.1 Å². The minimum Gasteiger partial charge on any atom is -0.314 e. The Labute approximate surface area is 65.9 Å². The lowest BCUT2D eigenvalue weighted by Crippen LogP contribution is -2.37. The van der Waals surface area contributed by atoms with Crippen LogP contribution >= 0.6 is 11.6 Å². The number of carbonyl (C=O) groups excluding carboxylic acids is 1. The highest BCUT2D eigenvalue weighted by Gasteiger charge is 2.22. The third-order valence-corrected chi connectivity index (χ3v) is 2.25. The third-order valence-electron chi connectivity index (χ3n) is 1.94. The van der Waals surface area contributed by atoms with Gasteiger partial charge in [-0.05, 0) is 37.9 Å². The van der Waals surface area contributed by atoms with Gasteiger partial charge in [0.25, 0.3) is 0 Å². The zero-order valence-electron chi connectivity index (χ0n) is 6.06. The van der Waals surface area contributed by atoms with Crippen molar-refractivity contribution in [1.29, 1.82) is 0 Å². The van der Waals surface area contributed by atoms with E-state index >= 15 is 0 Å². The summed E-state index contributed by atoms with van der Waals surface area (Å²) in [5, 5.41) is 3.08. The maximum absolute atomic E-state index is 10.7. The molecule has 1 N–H and O–H groups in total. The van der Waals surface area contributed by atoms with Gasteiger partial charge < -0.3 is 5.32 Å². The van der Waals surface area contributed by atoms with Crippen LogP contribution in [0.1, 0.15) is 19.8 Å². The summed E-state index contributed by atoms with van der Waals surface area (Å²) >= 11 is 5.36. The lowest BCUT2D eigenvalue weighted by atomic mass is 9.95. The first-order valence-corrected chi connectivity index (χ1v) is 4.00. The zero-order chi connectivity index (χ0) is 7.56. The number of rotatable bonds is 1. The Bertz CT molecular complexity index is 138. The van der Waals surface area contributed by atoms with E-state index in [-0.39, 0.29) is 11.2 Å². The molecular formula is C7H12ClNO. The largest absolute Gasteiger partial charge is 0.314 e. The zero-order valence-corrected chi connectivity index (χ0v) is 6.82. The molecule has 0 aliphatic carbocycles. The van der Waals surface area contributed by atoms with E-state index in [9.17, 15) is 4.79 Å². The average molecular weight is 162 g/mol. The predicted octanol–water partition coefficient (Wildman–Crippen LogP) is 1.14. The highest BCUT2D eigenvalue weighted by molar-refractivity contribution is 6.63. The minimum atomic E-state index is -0.173. The first-order chi connectivity index (χ1) is 4.70. The second kappa shape index (κ2) is 3.35. The number of carbonyl (C=O) groups is 1. The van der Waals surface area contributed by atoms with E-state index in [0.717, 1.165) is 19.4 Å². The predicted molar refractivity (Wildman–Crippen MR) is 41.0 cm³/mol. The van der Waals surface area contributed by atoms with E-state index in [2.05, 4.69) is 12.2 Å². The van der Waals surface area contributed by atoms with Gasteiger partial charge in [-0.25, -0.2) is 0 Å². The van der Waals surface area contributed by atoms with Gasteiger partial charge in [0, 0.05) is 12.0 Å². The summed E-state index contributed by atoms with van der Waals surface area (Å²) in [6.45, 7) is 3.00. The Kier molecular flexibility index (Phi) is 2.69. The molecular weight excluding hydrogens is 150 g/mol. The number of hydrogen-bond donors (Lipinski definition) is 1. The molecule has 1 heterocycles. The number of halogens is 1. The van der Waals surface area contributed by atoms with Gasteiger partial charge in [0.2, 0.25) is 5.24 Å². The van der Waals surface area contributed by atoms with Crippen LogP contribution in [0.5, 0.6) is 0 Å². The second-order valence-corrected chi connectivity index (χ2v) is 3.25. The molecule has 1 aliphatic heterocycles. The summed E-state index contributed by atoms with van der Waals surface area (Å²) in [5.41, 5.74) is 0. The van der Waals surface area contributed by atoms with Crippen molar-refractivity contribution < 1.29 is 4.79 Å². The Morgan fingerprint density at radius 3 is 2.80 bits per heavy atom. The summed E-state index contributed by atoms with van der Waals surface area (Å²) in [6.07, 6.45) is 1.79. The molecule has 0 saturated carbocycles. The summed E-state index contributed by atoms with van der Waals surface area (Å²) in [5.74, 6) is 0.0953. The van der Waals surface area contributed by atoms with E-state index in [1.807, 2.05) is 0 Å². The highest BCUT2D eigenvalue weighted by Crippen LogP contribution is 2.18. The van der Waals surface area contributed by atoms with Crippen molar-refractivity contribution in [3.8, 4) is 0 Å². The maximum atomic E-state index is 10.7. The Morgan fingerprint density at radius 2 is 2.40 bits per heavy atom. The fourth-order valence-corrected chi connectivity index (χ4v) is 1.54. The molecule has 1 aliphatic rings. The van der Waals surface area contributed by atoms with Crippen LogP contribution in [0.15, 0.2) is 0 Å². The minimum absolute atomic E-state index is 0.0953. The van der Waals surface area contributed by atoms with Crippen molar-refractivity contribution >= 4 is 16.8 Å². The van der Waals surface area contributed by atoms with Crippen LogP contribution in [0, 0.1) is 5.92 Å². The van der Waals surface area contributed by atoms with E-state index in [1.54, 1.807) is 0 Å². The van der Waals surface area contributed by atoms with E-state index in [0.29, 0.717) is 6.04 Å². The molecule has 1 saturated heterocycles. The molecule has 1 rings (SSSR count). The monoisotopic (exact) mass is 161 g/mol. The molecule has 0 bridgehead atoms. The van der Waals surface area contributed by atoms with E-state index in [1.165, 1.54) is 0 Å². The van der Waals surface area contributed by atoms with Gasteiger partial charge in [0.05, 0.1) is 0 Å². The van der Waals surface area contributed by atoms with Gasteiger partial charge >= 0.3 is 0 Å². The van der Waals surface area contributed by atoms with Crippen LogP contribution in [0.2, 0.25) is 0 Å². The molecule has 58 valence electrons. The fraction of sp³-hybridized carbons (Fsp3) is 0.857. The van der Waals surface area contributed by atoms with Crippen LogP contribution in [0.4, 0.5) is 0 Å². The van der Waals surface area contributed by atoms with Crippen molar-refractivity contribution in [2.24, 2.45) is 5.92 Å². The van der Waals surface area contributed by atoms with Crippen LogP contribution in [0.25, 0.3) is 0 Å². The maximum Gasteiger partial charge on any atom is 0.224 e. The van der Waals surface area contributed by atoms with Crippen molar-refractivity contribution in [3.63, 3.8) is 0 Å². The number of hydrogen-bond acceptors (Lipinski definition) is 2. The lowest BCUT2D eigenvalue weighted by Gasteiger charge is -2.24. The van der Waals surface area contributed by atoms with Crippen molar-refractivity contribution in [2.45, 2.75) is 25.8 Å².